The van der Waals surface area contributed by atoms with Crippen LogP contribution in [0.4, 0.5) is 5.13 Å². The number of carbonyl (C=O) groups is 1. The summed E-state index contributed by atoms with van der Waals surface area (Å²) in [5.74, 6) is 0.307. The largest absolute Gasteiger partial charge is 0.492 e. The summed E-state index contributed by atoms with van der Waals surface area (Å²) in [6, 6.07) is 11.7. The van der Waals surface area contributed by atoms with Crippen LogP contribution in [0.15, 0.2) is 47.5 Å². The number of nitrogens with zero attached hydrogens (tertiary/aromatic N) is 3. The molecule has 0 fully saturated rings. The van der Waals surface area contributed by atoms with Gasteiger partial charge in [-0.15, -0.1) is 11.3 Å². The number of rotatable bonds is 6. The molecule has 0 radical (unpaired) electrons. The summed E-state index contributed by atoms with van der Waals surface area (Å²) in [7, 11) is 0. The molecule has 3 aromatic rings. The molecule has 2 heterocycles. The molecule has 1 aromatic carbocycles. The third-order valence-electron chi connectivity index (χ3n) is 4.19. The van der Waals surface area contributed by atoms with Crippen LogP contribution in [0, 0.1) is 25.2 Å². The van der Waals surface area contributed by atoms with Crippen LogP contribution < -0.4 is 10.1 Å². The first-order valence-electron chi connectivity index (χ1n) is 8.79. The van der Waals surface area contributed by atoms with Crippen LogP contribution in [0.3, 0.4) is 0 Å². The Kier molecular flexibility index (Phi) is 5.92. The van der Waals surface area contributed by atoms with E-state index in [0.29, 0.717) is 11.7 Å². The van der Waals surface area contributed by atoms with Gasteiger partial charge in [-0.3, -0.25) is 10.1 Å². The molecule has 0 unspecified atom stereocenters. The van der Waals surface area contributed by atoms with Crippen molar-refractivity contribution in [1.29, 1.82) is 5.26 Å². The lowest BCUT2D eigenvalue weighted by Crippen LogP contribution is -2.13. The summed E-state index contributed by atoms with van der Waals surface area (Å²) in [6.45, 7) is 6.45. The second-order valence-electron chi connectivity index (χ2n) is 6.02. The van der Waals surface area contributed by atoms with Crippen molar-refractivity contribution in [3.63, 3.8) is 0 Å². The molecule has 0 aliphatic carbocycles. The highest BCUT2D eigenvalue weighted by Gasteiger charge is 2.16. The number of amides is 1. The zero-order valence-corrected chi connectivity index (χ0v) is 16.7. The number of hydrogen-bond acceptors (Lipinski definition) is 5. The van der Waals surface area contributed by atoms with Crippen LogP contribution in [0.25, 0.3) is 11.8 Å². The number of benzene rings is 1. The molecule has 0 saturated heterocycles. The van der Waals surface area contributed by atoms with Crippen molar-refractivity contribution in [3.8, 4) is 17.5 Å². The van der Waals surface area contributed by atoms with E-state index in [9.17, 15) is 10.1 Å². The van der Waals surface area contributed by atoms with E-state index in [4.69, 9.17) is 4.74 Å². The molecular formula is C21H20N4O2S. The van der Waals surface area contributed by atoms with Crippen molar-refractivity contribution < 1.29 is 9.53 Å². The molecule has 6 nitrogen and oxygen atoms in total. The average molecular weight is 392 g/mol. The molecule has 0 atom stereocenters. The minimum Gasteiger partial charge on any atom is -0.492 e. The molecular weight excluding hydrogens is 372 g/mol. The fourth-order valence-electron chi connectivity index (χ4n) is 2.98. The second-order valence-corrected chi connectivity index (χ2v) is 6.92. The SMILES string of the molecule is CCOc1ccccc1-n1c(C)cc(/C=C(/C#N)C(=O)Nc2nccs2)c1C. The average Bonchev–Trinajstić information content (AvgIpc) is 3.28. The number of hydrogen-bond donors (Lipinski definition) is 1. The van der Waals surface area contributed by atoms with Gasteiger partial charge in [-0.25, -0.2) is 4.98 Å². The number of nitriles is 1. The normalized spacial score (nSPS) is 11.1. The van der Waals surface area contributed by atoms with Crippen LogP contribution in [0.5, 0.6) is 5.75 Å². The summed E-state index contributed by atoms with van der Waals surface area (Å²) < 4.78 is 7.81. The smallest absolute Gasteiger partial charge is 0.268 e. The van der Waals surface area contributed by atoms with Crippen LogP contribution in [0.2, 0.25) is 0 Å². The first kappa shape index (κ1) is 19.4. The summed E-state index contributed by atoms with van der Waals surface area (Å²) in [5.41, 5.74) is 3.64. The molecule has 0 spiro atoms. The Bertz CT molecular complexity index is 1060. The number of ether oxygens (including phenoxy) is 1. The van der Waals surface area contributed by atoms with Crippen LogP contribution in [0.1, 0.15) is 23.9 Å². The molecule has 3 rings (SSSR count). The van der Waals surface area contributed by atoms with Gasteiger partial charge < -0.3 is 9.30 Å². The fourth-order valence-corrected chi connectivity index (χ4v) is 3.50. The Morgan fingerprint density at radius 2 is 2.18 bits per heavy atom. The standard InChI is InChI=1S/C21H20N4O2S/c1-4-27-19-8-6-5-7-18(19)25-14(2)11-16(15(25)3)12-17(13-22)20(26)24-21-23-9-10-28-21/h5-12H,4H2,1-3H3,(H,23,24,26)/b17-12-. The van der Waals surface area contributed by atoms with Crippen molar-refractivity contribution in [2.24, 2.45) is 0 Å². The predicted octanol–water partition coefficient (Wildman–Crippen LogP) is 4.50. The van der Waals surface area contributed by atoms with E-state index in [1.54, 1.807) is 17.7 Å². The summed E-state index contributed by atoms with van der Waals surface area (Å²) >= 11 is 1.30. The van der Waals surface area contributed by atoms with E-state index in [0.717, 1.165) is 28.4 Å². The summed E-state index contributed by atoms with van der Waals surface area (Å²) in [6.07, 6.45) is 3.20. The summed E-state index contributed by atoms with van der Waals surface area (Å²) in [5, 5.41) is 14.3. The van der Waals surface area contributed by atoms with E-state index in [2.05, 4.69) is 14.9 Å². The van der Waals surface area contributed by atoms with Gasteiger partial charge in [-0.05, 0) is 50.6 Å². The molecule has 0 aliphatic rings. The quantitative estimate of drug-likeness (QED) is 0.495. The molecule has 0 aliphatic heterocycles. The van der Waals surface area contributed by atoms with Crippen molar-refractivity contribution in [2.75, 3.05) is 11.9 Å². The maximum Gasteiger partial charge on any atom is 0.268 e. The maximum absolute atomic E-state index is 12.4. The predicted molar refractivity (Wildman–Crippen MR) is 111 cm³/mol. The lowest BCUT2D eigenvalue weighted by molar-refractivity contribution is -0.112. The van der Waals surface area contributed by atoms with Gasteiger partial charge in [0, 0.05) is 23.0 Å². The Morgan fingerprint density at radius 3 is 2.86 bits per heavy atom. The zero-order chi connectivity index (χ0) is 20.1. The van der Waals surface area contributed by atoms with Crippen LogP contribution >= 0.6 is 11.3 Å². The zero-order valence-electron chi connectivity index (χ0n) is 15.9. The third-order valence-corrected chi connectivity index (χ3v) is 4.88. The molecule has 28 heavy (non-hydrogen) atoms. The third kappa shape index (κ3) is 3.97. The maximum atomic E-state index is 12.4. The van der Waals surface area contributed by atoms with E-state index in [-0.39, 0.29) is 5.57 Å². The molecule has 0 bridgehead atoms. The van der Waals surface area contributed by atoms with Crippen molar-refractivity contribution in [1.82, 2.24) is 9.55 Å². The number of anilines is 1. The molecule has 7 heteroatoms. The minimum atomic E-state index is -0.475. The number of para-hydroxylation sites is 2. The number of aryl methyl sites for hydroxylation is 1. The lowest BCUT2D eigenvalue weighted by atomic mass is 10.1. The number of carbonyl (C=O) groups excluding carboxylic acids is 1. The second kappa shape index (κ2) is 8.55. The molecule has 0 saturated carbocycles. The molecule has 1 N–H and O–H groups in total. The molecule has 142 valence electrons. The van der Waals surface area contributed by atoms with Gasteiger partial charge in [0.05, 0.1) is 12.3 Å². The van der Waals surface area contributed by atoms with Gasteiger partial charge in [0.2, 0.25) is 0 Å². The topological polar surface area (TPSA) is 79.9 Å². The Labute approximate surface area is 167 Å². The number of nitrogens with one attached hydrogen (secondary N) is 1. The van der Waals surface area contributed by atoms with E-state index in [1.165, 1.54) is 11.3 Å². The van der Waals surface area contributed by atoms with Gasteiger partial charge in [0.1, 0.15) is 17.4 Å². The highest BCUT2D eigenvalue weighted by atomic mass is 32.1. The van der Waals surface area contributed by atoms with Gasteiger partial charge in [-0.1, -0.05) is 12.1 Å². The number of thiazole rings is 1. The monoisotopic (exact) mass is 392 g/mol. The van der Waals surface area contributed by atoms with Gasteiger partial charge in [-0.2, -0.15) is 5.26 Å². The fraction of sp³-hybridized carbons (Fsp3) is 0.190. The highest BCUT2D eigenvalue weighted by Crippen LogP contribution is 2.29. The molecule has 2 aromatic heterocycles. The number of aromatic nitrogens is 2. The van der Waals surface area contributed by atoms with Gasteiger partial charge >= 0.3 is 0 Å². The van der Waals surface area contributed by atoms with Gasteiger partial charge in [0.25, 0.3) is 5.91 Å². The van der Waals surface area contributed by atoms with Crippen molar-refractivity contribution in [2.45, 2.75) is 20.8 Å². The Balaban J connectivity index is 1.98. The van der Waals surface area contributed by atoms with Crippen LogP contribution in [-0.2, 0) is 4.79 Å². The van der Waals surface area contributed by atoms with E-state index in [1.807, 2.05) is 57.2 Å². The Hall–Kier alpha value is -3.37. The summed E-state index contributed by atoms with van der Waals surface area (Å²) in [4.78, 5) is 16.4. The van der Waals surface area contributed by atoms with Crippen molar-refractivity contribution in [3.05, 3.63) is 64.4 Å². The lowest BCUT2D eigenvalue weighted by Gasteiger charge is -2.14. The highest BCUT2D eigenvalue weighted by molar-refractivity contribution is 7.13. The first-order valence-corrected chi connectivity index (χ1v) is 9.67. The van der Waals surface area contributed by atoms with Gasteiger partial charge in [0.15, 0.2) is 5.13 Å². The van der Waals surface area contributed by atoms with E-state index >= 15 is 0 Å². The first-order chi connectivity index (χ1) is 13.5. The van der Waals surface area contributed by atoms with Crippen molar-refractivity contribution >= 4 is 28.5 Å². The Morgan fingerprint density at radius 1 is 1.39 bits per heavy atom. The minimum absolute atomic E-state index is 0.0218. The van der Waals surface area contributed by atoms with Crippen LogP contribution in [-0.4, -0.2) is 22.1 Å². The molecule has 1 amide bonds. The van der Waals surface area contributed by atoms with E-state index < -0.39 is 5.91 Å².